The van der Waals surface area contributed by atoms with Gasteiger partial charge in [0.1, 0.15) is 0 Å². The van der Waals surface area contributed by atoms with Crippen LogP contribution in [-0.2, 0) is 16.7 Å². The Bertz CT molecular complexity index is 965. The second-order valence-corrected chi connectivity index (χ2v) is 11.2. The van der Waals surface area contributed by atoms with Gasteiger partial charge in [-0.3, -0.25) is 4.55 Å². The van der Waals surface area contributed by atoms with Gasteiger partial charge in [-0.05, 0) is 24.1 Å². The highest BCUT2D eigenvalue weighted by Crippen LogP contribution is 2.45. The first kappa shape index (κ1) is 26.6. The second-order valence-electron chi connectivity index (χ2n) is 9.61. The molecule has 0 amide bonds. The minimum atomic E-state index is -4.40. The van der Waals surface area contributed by atoms with Gasteiger partial charge in [-0.25, -0.2) is 0 Å². The molecule has 188 valence electrons. The molecule has 0 saturated heterocycles. The van der Waals surface area contributed by atoms with Crippen LogP contribution in [0.5, 0.6) is 0 Å². The molecule has 1 unspecified atom stereocenters. The average molecular weight is 487 g/mol. The lowest BCUT2D eigenvalue weighted by atomic mass is 10.0. The van der Waals surface area contributed by atoms with Crippen molar-refractivity contribution in [3.63, 3.8) is 0 Å². The smallest absolute Gasteiger partial charge is 0.308 e. The first-order chi connectivity index (χ1) is 16.5. The molecule has 5 nitrogen and oxygen atoms in total. The van der Waals surface area contributed by atoms with E-state index in [0.717, 1.165) is 36.2 Å². The Balaban J connectivity index is 1.54. The molecule has 0 aromatic heterocycles. The largest absolute Gasteiger partial charge is 0.346 e. The topological polar surface area (TPSA) is 69.6 Å². The maximum absolute atomic E-state index is 12.8. The molecule has 0 bridgehead atoms. The van der Waals surface area contributed by atoms with E-state index >= 15 is 0 Å². The van der Waals surface area contributed by atoms with Crippen LogP contribution < -0.4 is 10.2 Å². The fraction of sp³-hybridized carbons (Fsp3) is 0.571. The molecule has 1 aliphatic heterocycles. The van der Waals surface area contributed by atoms with Crippen LogP contribution in [0.2, 0.25) is 0 Å². The molecule has 2 aromatic rings. The number of hydrogen-bond acceptors (Lipinski definition) is 4. The maximum atomic E-state index is 12.8. The highest BCUT2D eigenvalue weighted by molar-refractivity contribution is 7.87. The van der Waals surface area contributed by atoms with Gasteiger partial charge in [0.2, 0.25) is 4.99 Å². The van der Waals surface area contributed by atoms with Crippen LogP contribution in [0.25, 0.3) is 0 Å². The van der Waals surface area contributed by atoms with Gasteiger partial charge < -0.3 is 10.2 Å². The molecule has 1 heterocycles. The molecule has 0 spiro atoms. The Hall–Kier alpha value is -2.05. The second kappa shape index (κ2) is 13.1. The minimum Gasteiger partial charge on any atom is -0.346 e. The predicted molar refractivity (Wildman–Crippen MR) is 143 cm³/mol. The van der Waals surface area contributed by atoms with Crippen LogP contribution in [0.1, 0.15) is 96.0 Å². The molecule has 2 aromatic carbocycles. The third kappa shape index (κ3) is 6.98. The third-order valence-electron chi connectivity index (χ3n) is 6.94. The van der Waals surface area contributed by atoms with E-state index in [9.17, 15) is 13.0 Å². The summed E-state index contributed by atoms with van der Waals surface area (Å²) < 4.78 is 36.1. The Labute approximate surface area is 206 Å². The number of benzene rings is 2. The number of nitrogens with zero attached hydrogens (tertiary/aromatic N) is 1. The molecule has 1 atom stereocenters. The van der Waals surface area contributed by atoms with Gasteiger partial charge in [-0.2, -0.15) is 8.42 Å². The lowest BCUT2D eigenvalue weighted by Gasteiger charge is -2.37. The Morgan fingerprint density at radius 1 is 0.765 bits per heavy atom. The van der Waals surface area contributed by atoms with Gasteiger partial charge in [0.25, 0.3) is 0 Å². The molecule has 0 fully saturated rings. The van der Waals surface area contributed by atoms with E-state index in [2.05, 4.69) is 12.2 Å². The summed E-state index contributed by atoms with van der Waals surface area (Å²) in [5.74, 6) is 0. The van der Waals surface area contributed by atoms with Gasteiger partial charge in [0.05, 0.1) is 11.4 Å². The summed E-state index contributed by atoms with van der Waals surface area (Å²) in [7, 11) is -4.40. The number of rotatable bonds is 16. The number of fused-ring (bicyclic) bond motifs is 1. The zero-order valence-corrected chi connectivity index (χ0v) is 21.5. The summed E-state index contributed by atoms with van der Waals surface area (Å²) in [6.07, 6.45) is 14.9. The van der Waals surface area contributed by atoms with Crippen molar-refractivity contribution in [2.75, 3.05) is 10.2 Å². The summed E-state index contributed by atoms with van der Waals surface area (Å²) >= 11 is 0. The van der Waals surface area contributed by atoms with Crippen molar-refractivity contribution in [2.45, 2.75) is 102 Å². The average Bonchev–Trinajstić information content (AvgIpc) is 3.15. The van der Waals surface area contributed by atoms with Crippen molar-refractivity contribution >= 4 is 21.5 Å². The molecule has 0 saturated carbocycles. The Morgan fingerprint density at radius 2 is 1.29 bits per heavy atom. The molecule has 1 aliphatic rings. The number of para-hydroxylation sites is 2. The van der Waals surface area contributed by atoms with Crippen molar-refractivity contribution < 1.29 is 13.0 Å². The van der Waals surface area contributed by atoms with Crippen LogP contribution in [0, 0.1) is 0 Å². The monoisotopic (exact) mass is 486 g/mol. The van der Waals surface area contributed by atoms with E-state index in [1.165, 1.54) is 57.8 Å². The van der Waals surface area contributed by atoms with Crippen LogP contribution >= 0.6 is 0 Å². The van der Waals surface area contributed by atoms with Gasteiger partial charge in [-0.1, -0.05) is 120 Å². The quantitative estimate of drug-likeness (QED) is 0.187. The first-order valence-corrected chi connectivity index (χ1v) is 14.6. The molecule has 3 rings (SSSR count). The molecular formula is C28H42N2O3S. The van der Waals surface area contributed by atoms with Crippen molar-refractivity contribution in [2.24, 2.45) is 0 Å². The standard InChI is InChI=1S/C28H42N2O3S/c1-2-3-4-5-6-7-8-9-10-11-12-18-23-28(34(31,32)33)29-26-21-16-17-22-27(26)30(28)24-25-19-14-13-15-20-25/h13-17,19-22,29H,2-12,18,23-24H2,1H3,(H,31,32,33). The molecule has 0 radical (unpaired) electrons. The van der Waals surface area contributed by atoms with E-state index in [4.69, 9.17) is 0 Å². The molecular weight excluding hydrogens is 444 g/mol. The Kier molecular flexibility index (Phi) is 10.3. The number of nitrogens with one attached hydrogen (secondary N) is 1. The molecule has 2 N–H and O–H groups in total. The van der Waals surface area contributed by atoms with Crippen molar-refractivity contribution in [3.05, 3.63) is 60.2 Å². The van der Waals surface area contributed by atoms with Gasteiger partial charge in [0, 0.05) is 13.0 Å². The fourth-order valence-corrected chi connectivity index (χ4v) is 6.08. The highest BCUT2D eigenvalue weighted by Gasteiger charge is 2.52. The minimum absolute atomic E-state index is 0.338. The van der Waals surface area contributed by atoms with Crippen LogP contribution in [-0.4, -0.2) is 18.0 Å². The highest BCUT2D eigenvalue weighted by atomic mass is 32.2. The van der Waals surface area contributed by atoms with E-state index in [-0.39, 0.29) is 0 Å². The SMILES string of the molecule is CCCCCCCCCCCCCCC1(S(=O)(=O)O)Nc2ccccc2N1Cc1ccccc1. The van der Waals surface area contributed by atoms with Gasteiger partial charge >= 0.3 is 10.1 Å². The lowest BCUT2D eigenvalue weighted by Crippen LogP contribution is -2.56. The van der Waals surface area contributed by atoms with Crippen molar-refractivity contribution in [3.8, 4) is 0 Å². The third-order valence-corrected chi connectivity index (χ3v) is 8.32. The lowest BCUT2D eigenvalue weighted by molar-refractivity contribution is 0.408. The molecule has 34 heavy (non-hydrogen) atoms. The fourth-order valence-electron chi connectivity index (χ4n) is 5.00. The van der Waals surface area contributed by atoms with E-state index in [1.807, 2.05) is 59.5 Å². The van der Waals surface area contributed by atoms with Crippen LogP contribution in [0.3, 0.4) is 0 Å². The summed E-state index contributed by atoms with van der Waals surface area (Å²) in [6, 6.07) is 17.4. The summed E-state index contributed by atoms with van der Waals surface area (Å²) in [5, 5.41) is 3.19. The van der Waals surface area contributed by atoms with Crippen LogP contribution in [0.4, 0.5) is 11.4 Å². The van der Waals surface area contributed by atoms with Crippen molar-refractivity contribution in [1.29, 1.82) is 0 Å². The zero-order valence-electron chi connectivity index (χ0n) is 20.7. The number of unbranched alkanes of at least 4 members (excludes halogenated alkanes) is 11. The van der Waals surface area contributed by atoms with Crippen LogP contribution in [0.15, 0.2) is 54.6 Å². The normalized spacial score (nSPS) is 17.5. The zero-order chi connectivity index (χ0) is 24.3. The van der Waals surface area contributed by atoms with E-state index in [0.29, 0.717) is 13.0 Å². The molecule has 6 heteroatoms. The summed E-state index contributed by atoms with van der Waals surface area (Å²) in [5.41, 5.74) is 2.56. The summed E-state index contributed by atoms with van der Waals surface area (Å²) in [4.78, 5) is 0.288. The first-order valence-electron chi connectivity index (χ1n) is 13.1. The predicted octanol–water partition coefficient (Wildman–Crippen LogP) is 7.75. The maximum Gasteiger partial charge on any atom is 0.308 e. The molecule has 0 aliphatic carbocycles. The number of anilines is 2. The van der Waals surface area contributed by atoms with E-state index in [1.54, 1.807) is 0 Å². The summed E-state index contributed by atoms with van der Waals surface area (Å²) in [6.45, 7) is 2.66. The van der Waals surface area contributed by atoms with Gasteiger partial charge in [0.15, 0.2) is 0 Å². The number of hydrogen-bond donors (Lipinski definition) is 2. The Morgan fingerprint density at radius 3 is 1.88 bits per heavy atom. The van der Waals surface area contributed by atoms with Crippen molar-refractivity contribution in [1.82, 2.24) is 0 Å². The van der Waals surface area contributed by atoms with E-state index < -0.39 is 15.1 Å². The van der Waals surface area contributed by atoms with Gasteiger partial charge in [-0.15, -0.1) is 0 Å².